The fourth-order valence-electron chi connectivity index (χ4n) is 2.91. The number of amides is 2. The van der Waals surface area contributed by atoms with Gasteiger partial charge >= 0.3 is 6.09 Å². The molecule has 0 aliphatic heterocycles. The van der Waals surface area contributed by atoms with Gasteiger partial charge in [-0.3, -0.25) is 25.1 Å². The number of benzene rings is 2. The van der Waals surface area contributed by atoms with Gasteiger partial charge in [0.25, 0.3) is 11.6 Å². The summed E-state index contributed by atoms with van der Waals surface area (Å²) in [5.41, 5.74) is 2.71. The molecule has 0 aliphatic rings. The van der Waals surface area contributed by atoms with Crippen molar-refractivity contribution >= 4 is 23.5 Å². The van der Waals surface area contributed by atoms with Gasteiger partial charge in [0.2, 0.25) is 0 Å². The summed E-state index contributed by atoms with van der Waals surface area (Å²) in [6.45, 7) is 6.59. The molecule has 32 heavy (non-hydrogen) atoms. The van der Waals surface area contributed by atoms with E-state index in [-0.39, 0.29) is 17.8 Å². The Balaban J connectivity index is 2.11. The molecule has 0 saturated heterocycles. The highest BCUT2D eigenvalue weighted by atomic mass is 16.6. The number of nitrogens with zero attached hydrogens (tertiary/aromatic N) is 2. The molecule has 0 unspecified atom stereocenters. The van der Waals surface area contributed by atoms with E-state index in [1.165, 1.54) is 19.1 Å². The van der Waals surface area contributed by atoms with E-state index in [1.54, 1.807) is 57.2 Å². The second-order valence-corrected chi connectivity index (χ2v) is 8.21. The van der Waals surface area contributed by atoms with E-state index >= 15 is 0 Å². The van der Waals surface area contributed by atoms with Crippen LogP contribution in [0.5, 0.6) is 0 Å². The molecule has 2 aromatic rings. The van der Waals surface area contributed by atoms with Crippen LogP contribution in [-0.2, 0) is 11.2 Å². The Bertz CT molecular complexity index is 999. The molecule has 1 N–H and O–H groups in total. The van der Waals surface area contributed by atoms with Crippen LogP contribution in [-0.4, -0.2) is 39.9 Å². The van der Waals surface area contributed by atoms with Crippen LogP contribution in [0.1, 0.15) is 60.4 Å². The van der Waals surface area contributed by atoms with Gasteiger partial charge in [-0.25, -0.2) is 9.80 Å². The number of nitrogens with one attached hydrogen (secondary N) is 1. The fraction of sp³-hybridized carbons (Fsp3) is 0.348. The highest BCUT2D eigenvalue weighted by Gasteiger charge is 2.24. The van der Waals surface area contributed by atoms with Crippen molar-refractivity contribution < 1.29 is 24.0 Å². The minimum absolute atomic E-state index is 0.0360. The van der Waals surface area contributed by atoms with Gasteiger partial charge < -0.3 is 4.74 Å². The summed E-state index contributed by atoms with van der Waals surface area (Å²) in [7, 11) is 0. The van der Waals surface area contributed by atoms with Crippen LogP contribution < -0.4 is 5.43 Å². The number of hydrogen-bond acceptors (Lipinski definition) is 6. The van der Waals surface area contributed by atoms with Gasteiger partial charge in [0.1, 0.15) is 5.60 Å². The Kier molecular flexibility index (Phi) is 8.06. The molecule has 0 radical (unpaired) electrons. The number of hydrogen-bond donors (Lipinski definition) is 1. The Labute approximate surface area is 186 Å². The summed E-state index contributed by atoms with van der Waals surface area (Å²) in [4.78, 5) is 47.4. The van der Waals surface area contributed by atoms with Crippen LogP contribution in [0.15, 0.2) is 48.5 Å². The average molecular weight is 441 g/mol. The molecule has 2 rings (SSSR count). The van der Waals surface area contributed by atoms with Crippen LogP contribution >= 0.6 is 0 Å². The van der Waals surface area contributed by atoms with Crippen molar-refractivity contribution in [1.29, 1.82) is 0 Å². The van der Waals surface area contributed by atoms with Crippen molar-refractivity contribution in [3.05, 3.63) is 75.3 Å². The van der Waals surface area contributed by atoms with Crippen molar-refractivity contribution in [3.63, 3.8) is 0 Å². The molecule has 0 bridgehead atoms. The summed E-state index contributed by atoms with van der Waals surface area (Å²) in [5.74, 6) is -0.852. The van der Waals surface area contributed by atoms with Gasteiger partial charge in [-0.2, -0.15) is 0 Å². The molecule has 0 spiro atoms. The van der Waals surface area contributed by atoms with Crippen LogP contribution in [0.25, 0.3) is 0 Å². The number of nitro groups is 1. The van der Waals surface area contributed by atoms with Crippen LogP contribution in [0.4, 0.5) is 10.5 Å². The highest BCUT2D eigenvalue weighted by Crippen LogP contribution is 2.21. The second kappa shape index (κ2) is 10.5. The van der Waals surface area contributed by atoms with Crippen LogP contribution in [0.2, 0.25) is 0 Å². The Morgan fingerprint density at radius 2 is 1.75 bits per heavy atom. The van der Waals surface area contributed by atoms with Crippen LogP contribution in [0.3, 0.4) is 0 Å². The summed E-state index contributed by atoms with van der Waals surface area (Å²) in [6.07, 6.45) is 0.150. The van der Waals surface area contributed by atoms with Crippen molar-refractivity contribution in [2.45, 2.75) is 46.1 Å². The minimum atomic E-state index is -0.748. The molecule has 2 aromatic carbocycles. The third kappa shape index (κ3) is 7.19. The normalized spacial score (nSPS) is 10.9. The lowest BCUT2D eigenvalue weighted by atomic mass is 10.0. The summed E-state index contributed by atoms with van der Waals surface area (Å²) < 4.78 is 5.38. The Hall–Kier alpha value is -3.75. The van der Waals surface area contributed by atoms with Gasteiger partial charge in [-0.1, -0.05) is 24.3 Å². The number of rotatable bonds is 7. The molecular formula is C23H27N3O6. The maximum absolute atomic E-state index is 12.6. The fourth-order valence-corrected chi connectivity index (χ4v) is 2.91. The first-order valence-electron chi connectivity index (χ1n) is 10.1. The zero-order valence-corrected chi connectivity index (χ0v) is 18.6. The first-order valence-corrected chi connectivity index (χ1v) is 10.1. The van der Waals surface area contributed by atoms with E-state index in [9.17, 15) is 24.5 Å². The Morgan fingerprint density at radius 3 is 2.31 bits per heavy atom. The molecule has 9 heteroatoms. The number of nitro benzene ring substituents is 1. The molecule has 0 saturated carbocycles. The molecule has 170 valence electrons. The van der Waals surface area contributed by atoms with E-state index < -0.39 is 28.3 Å². The number of ketones is 1. The maximum atomic E-state index is 12.6. The predicted octanol–water partition coefficient (Wildman–Crippen LogP) is 4.31. The molecule has 0 aliphatic carbocycles. The molecule has 9 nitrogen and oxygen atoms in total. The largest absolute Gasteiger partial charge is 0.442 e. The monoisotopic (exact) mass is 441 g/mol. The molecular weight excluding hydrogens is 414 g/mol. The Morgan fingerprint density at radius 1 is 1.09 bits per heavy atom. The number of carbonyl (C=O) groups excluding carboxylic acids is 3. The zero-order chi connectivity index (χ0) is 23.9. The average Bonchev–Trinajstić information content (AvgIpc) is 2.72. The third-order valence-corrected chi connectivity index (χ3v) is 4.37. The maximum Gasteiger partial charge on any atom is 0.429 e. The van der Waals surface area contributed by atoms with Gasteiger partial charge in [-0.15, -0.1) is 0 Å². The highest BCUT2D eigenvalue weighted by molar-refractivity contribution is 5.98. The van der Waals surface area contributed by atoms with Gasteiger partial charge in [0, 0.05) is 18.2 Å². The van der Waals surface area contributed by atoms with Crippen molar-refractivity contribution in [3.8, 4) is 0 Å². The molecule has 0 aromatic heterocycles. The lowest BCUT2D eigenvalue weighted by Crippen LogP contribution is -2.48. The standard InChI is InChI=1S/C23H27N3O6/c1-16(27)19-15-17(12-13-20(19)26(30)31)9-8-14-25(22(29)32-23(2,3)4)24-21(28)18-10-6-5-7-11-18/h5-7,10-13,15H,8-9,14H2,1-4H3,(H,24,28). The molecule has 0 heterocycles. The predicted molar refractivity (Wildman–Crippen MR) is 118 cm³/mol. The van der Waals surface area contributed by atoms with Gasteiger partial charge in [0.05, 0.1) is 10.5 Å². The van der Waals surface area contributed by atoms with Crippen molar-refractivity contribution in [1.82, 2.24) is 10.4 Å². The topological polar surface area (TPSA) is 119 Å². The van der Waals surface area contributed by atoms with E-state index in [0.717, 1.165) is 5.01 Å². The van der Waals surface area contributed by atoms with Crippen LogP contribution in [0, 0.1) is 10.1 Å². The molecule has 0 atom stereocenters. The lowest BCUT2D eigenvalue weighted by Gasteiger charge is -2.27. The summed E-state index contributed by atoms with van der Waals surface area (Å²) in [6, 6.07) is 12.8. The number of carbonyl (C=O) groups is 3. The van der Waals surface area contributed by atoms with E-state index in [2.05, 4.69) is 5.43 Å². The minimum Gasteiger partial charge on any atom is -0.442 e. The zero-order valence-electron chi connectivity index (χ0n) is 18.6. The van der Waals surface area contributed by atoms with Gasteiger partial charge in [0.15, 0.2) is 5.78 Å². The SMILES string of the molecule is CC(=O)c1cc(CCCN(NC(=O)c2ccccc2)C(=O)OC(C)(C)C)ccc1[N+](=O)[O-]. The van der Waals surface area contributed by atoms with Gasteiger partial charge in [-0.05, 0) is 64.3 Å². The molecule has 0 fully saturated rings. The number of hydrazine groups is 1. The van der Waals surface area contributed by atoms with Crippen molar-refractivity contribution in [2.24, 2.45) is 0 Å². The smallest absolute Gasteiger partial charge is 0.429 e. The second-order valence-electron chi connectivity index (χ2n) is 8.21. The summed E-state index contributed by atoms with van der Waals surface area (Å²) in [5, 5.41) is 12.2. The summed E-state index contributed by atoms with van der Waals surface area (Å²) >= 11 is 0. The number of ether oxygens (including phenoxy) is 1. The number of Topliss-reactive ketones (excluding diaryl/α,β-unsaturated/α-hetero) is 1. The first-order chi connectivity index (χ1) is 15.0. The van der Waals surface area contributed by atoms with Crippen molar-refractivity contribution in [2.75, 3.05) is 6.54 Å². The lowest BCUT2D eigenvalue weighted by molar-refractivity contribution is -0.385. The third-order valence-electron chi connectivity index (χ3n) is 4.37. The molecule has 2 amide bonds. The van der Waals surface area contributed by atoms with E-state index in [1.807, 2.05) is 0 Å². The number of aryl methyl sites for hydroxylation is 1. The van der Waals surface area contributed by atoms with E-state index in [4.69, 9.17) is 4.74 Å². The van der Waals surface area contributed by atoms with E-state index in [0.29, 0.717) is 24.0 Å². The quantitative estimate of drug-likeness (QED) is 0.388. The first kappa shape index (κ1) is 24.5.